The first-order chi connectivity index (χ1) is 21.1. The molecule has 0 heterocycles. The van der Waals surface area contributed by atoms with E-state index in [2.05, 4.69) is 13.8 Å². The number of rotatable bonds is 32. The summed E-state index contributed by atoms with van der Waals surface area (Å²) in [5.41, 5.74) is 0. The van der Waals surface area contributed by atoms with Crippen molar-refractivity contribution in [3.8, 4) is 0 Å². The molecule has 8 heteroatoms. The van der Waals surface area contributed by atoms with Crippen LogP contribution in [0.1, 0.15) is 162 Å². The highest BCUT2D eigenvalue weighted by molar-refractivity contribution is 5.72. The van der Waals surface area contributed by atoms with E-state index < -0.39 is 18.1 Å². The van der Waals surface area contributed by atoms with E-state index in [-0.39, 0.29) is 36.2 Å². The van der Waals surface area contributed by atoms with E-state index in [1.54, 1.807) is 0 Å². The Bertz CT molecular complexity index is 707. The third-order valence-electron chi connectivity index (χ3n) is 8.26. The highest BCUT2D eigenvalue weighted by Gasteiger charge is 2.31. The number of likely N-dealkylation sites (N-methyl/N-ethyl adjacent to an activating group) is 1. The molecule has 0 aliphatic heterocycles. The third-order valence-corrected chi connectivity index (χ3v) is 8.26. The largest absolute Gasteiger partial charge is 0.477 e. The van der Waals surface area contributed by atoms with Gasteiger partial charge in [0.1, 0.15) is 6.61 Å². The van der Waals surface area contributed by atoms with Crippen LogP contribution in [0.4, 0.5) is 0 Å². The van der Waals surface area contributed by atoms with Gasteiger partial charge in [-0.05, 0) is 12.8 Å². The van der Waals surface area contributed by atoms with Crippen LogP contribution < -0.4 is 0 Å². The Morgan fingerprint density at radius 3 is 1.41 bits per heavy atom. The lowest BCUT2D eigenvalue weighted by molar-refractivity contribution is -0.887. The van der Waals surface area contributed by atoms with Crippen molar-refractivity contribution in [3.63, 3.8) is 0 Å². The number of unbranched alkanes of at least 4 members (excludes halogenated alkanes) is 18. The molecule has 0 aliphatic rings. The van der Waals surface area contributed by atoms with Crippen LogP contribution in [0.2, 0.25) is 0 Å². The number of carbonyl (C=O) groups is 3. The molecule has 8 nitrogen and oxygen atoms in total. The number of esters is 2. The zero-order chi connectivity index (χ0) is 32.9. The summed E-state index contributed by atoms with van der Waals surface area (Å²) in [6.07, 6.45) is 24.3. The Hall–Kier alpha value is -1.67. The Labute approximate surface area is 270 Å². The van der Waals surface area contributed by atoms with Crippen molar-refractivity contribution in [2.45, 2.75) is 174 Å². The maximum absolute atomic E-state index is 12.6. The molecule has 0 aliphatic carbocycles. The van der Waals surface area contributed by atoms with Crippen LogP contribution in [-0.2, 0) is 28.6 Å². The van der Waals surface area contributed by atoms with E-state index in [0.717, 1.165) is 38.5 Å². The van der Waals surface area contributed by atoms with Crippen LogP contribution in [0, 0.1) is 0 Å². The Morgan fingerprint density at radius 2 is 1.00 bits per heavy atom. The SMILES string of the molecule is CCCCCCCCCCCCCCCC(=O)OC(COCCC(C(=O)O)[N+](C)(C)C)COC(=O)CCCCCCCCC. The van der Waals surface area contributed by atoms with Gasteiger partial charge in [-0.3, -0.25) is 9.59 Å². The first-order valence-electron chi connectivity index (χ1n) is 18.1. The molecule has 0 radical (unpaired) electrons. The normalized spacial score (nSPS) is 13.0. The Balaban J connectivity index is 4.39. The van der Waals surface area contributed by atoms with Gasteiger partial charge in [0.15, 0.2) is 12.1 Å². The van der Waals surface area contributed by atoms with Gasteiger partial charge in [-0.2, -0.15) is 0 Å². The van der Waals surface area contributed by atoms with E-state index >= 15 is 0 Å². The summed E-state index contributed by atoms with van der Waals surface area (Å²) in [5.74, 6) is -1.46. The van der Waals surface area contributed by atoms with Crippen LogP contribution in [0.5, 0.6) is 0 Å². The molecule has 2 atom stereocenters. The van der Waals surface area contributed by atoms with Crippen LogP contribution in [-0.4, -0.2) is 80.6 Å². The minimum atomic E-state index is -0.874. The van der Waals surface area contributed by atoms with Crippen LogP contribution in [0.15, 0.2) is 0 Å². The van der Waals surface area contributed by atoms with Crippen LogP contribution >= 0.6 is 0 Å². The zero-order valence-electron chi connectivity index (χ0n) is 29.4. The molecule has 0 bridgehead atoms. The second kappa shape index (κ2) is 28.8. The van der Waals surface area contributed by atoms with Crippen molar-refractivity contribution in [2.24, 2.45) is 0 Å². The van der Waals surface area contributed by atoms with Crippen molar-refractivity contribution in [1.82, 2.24) is 0 Å². The van der Waals surface area contributed by atoms with Gasteiger partial charge >= 0.3 is 17.9 Å². The second-order valence-electron chi connectivity index (χ2n) is 13.5. The zero-order valence-corrected chi connectivity index (χ0v) is 29.4. The predicted octanol–water partition coefficient (Wildman–Crippen LogP) is 8.63. The number of hydrogen-bond acceptors (Lipinski definition) is 6. The number of hydrogen-bond donors (Lipinski definition) is 1. The van der Waals surface area contributed by atoms with Crippen LogP contribution in [0.3, 0.4) is 0 Å². The molecular formula is C36H70NO7+. The first-order valence-corrected chi connectivity index (χ1v) is 18.1. The van der Waals surface area contributed by atoms with Crippen molar-refractivity contribution in [1.29, 1.82) is 0 Å². The van der Waals surface area contributed by atoms with E-state index in [0.29, 0.717) is 19.3 Å². The molecule has 0 spiro atoms. The number of aliphatic carboxylic acids is 1. The average Bonchev–Trinajstić information content (AvgIpc) is 2.96. The maximum Gasteiger partial charge on any atom is 0.362 e. The van der Waals surface area contributed by atoms with Crippen molar-refractivity contribution >= 4 is 17.9 Å². The fourth-order valence-electron chi connectivity index (χ4n) is 5.38. The summed E-state index contributed by atoms with van der Waals surface area (Å²) >= 11 is 0. The van der Waals surface area contributed by atoms with E-state index in [1.165, 1.54) is 89.9 Å². The number of carbonyl (C=O) groups excluding carboxylic acids is 2. The molecule has 0 saturated carbocycles. The molecule has 0 rings (SSSR count). The monoisotopic (exact) mass is 629 g/mol. The van der Waals surface area contributed by atoms with Gasteiger partial charge in [0.25, 0.3) is 0 Å². The lowest BCUT2D eigenvalue weighted by Gasteiger charge is -2.31. The van der Waals surface area contributed by atoms with Gasteiger partial charge in [-0.1, -0.05) is 129 Å². The van der Waals surface area contributed by atoms with Crippen molar-refractivity contribution in [2.75, 3.05) is 41.0 Å². The fraction of sp³-hybridized carbons (Fsp3) is 0.917. The fourth-order valence-corrected chi connectivity index (χ4v) is 5.38. The summed E-state index contributed by atoms with van der Waals surface area (Å²) in [4.78, 5) is 36.5. The van der Waals surface area contributed by atoms with Gasteiger partial charge in [0, 0.05) is 19.3 Å². The van der Waals surface area contributed by atoms with E-state index in [4.69, 9.17) is 14.2 Å². The second-order valence-corrected chi connectivity index (χ2v) is 13.5. The van der Waals surface area contributed by atoms with Gasteiger partial charge in [-0.25, -0.2) is 4.79 Å². The summed E-state index contributed by atoms with van der Waals surface area (Å²) in [6.45, 7) is 4.69. The standard InChI is InChI=1S/C36H69NO7/c1-6-8-10-12-14-15-16-17-18-19-21-23-25-27-35(39)44-32(30-42-29-28-33(36(40)41)37(3,4)5)31-43-34(38)26-24-22-20-13-11-9-7-2/h32-33H,6-31H2,1-5H3/p+1. The van der Waals surface area contributed by atoms with Gasteiger partial charge in [-0.15, -0.1) is 0 Å². The number of ether oxygens (including phenoxy) is 3. The average molecular weight is 629 g/mol. The Morgan fingerprint density at radius 1 is 0.591 bits per heavy atom. The number of carboxylic acids is 1. The Kier molecular flexibility index (Phi) is 27.7. The summed E-state index contributed by atoms with van der Waals surface area (Å²) in [6, 6.07) is -0.605. The first kappa shape index (κ1) is 42.3. The topological polar surface area (TPSA) is 99.1 Å². The lowest BCUT2D eigenvalue weighted by Crippen LogP contribution is -2.50. The van der Waals surface area contributed by atoms with Crippen LogP contribution in [0.25, 0.3) is 0 Å². The minimum absolute atomic E-state index is 0.0443. The molecular weight excluding hydrogens is 558 g/mol. The highest BCUT2D eigenvalue weighted by atomic mass is 16.6. The molecule has 0 aromatic rings. The molecule has 2 unspecified atom stereocenters. The van der Waals surface area contributed by atoms with E-state index in [9.17, 15) is 19.5 Å². The smallest absolute Gasteiger partial charge is 0.362 e. The molecule has 260 valence electrons. The molecule has 0 aromatic heterocycles. The molecule has 0 amide bonds. The number of quaternary nitrogens is 1. The van der Waals surface area contributed by atoms with Crippen molar-refractivity contribution < 1.29 is 38.2 Å². The minimum Gasteiger partial charge on any atom is -0.477 e. The predicted molar refractivity (Wildman–Crippen MR) is 179 cm³/mol. The van der Waals surface area contributed by atoms with E-state index in [1.807, 2.05) is 21.1 Å². The lowest BCUT2D eigenvalue weighted by atomic mass is 10.0. The quantitative estimate of drug-likeness (QED) is 0.0452. The molecule has 44 heavy (non-hydrogen) atoms. The molecule has 0 aromatic carbocycles. The number of nitrogens with zero attached hydrogens (tertiary/aromatic N) is 1. The highest BCUT2D eigenvalue weighted by Crippen LogP contribution is 2.14. The van der Waals surface area contributed by atoms with Gasteiger partial charge in [0.2, 0.25) is 0 Å². The summed E-state index contributed by atoms with van der Waals surface area (Å²) in [5, 5.41) is 9.54. The molecule has 0 fully saturated rings. The third kappa shape index (κ3) is 26.7. The number of carboxylic acid groups (broad SMARTS) is 1. The van der Waals surface area contributed by atoms with Gasteiger partial charge in [0.05, 0.1) is 34.4 Å². The summed E-state index contributed by atoms with van der Waals surface area (Å²) in [7, 11) is 5.51. The van der Waals surface area contributed by atoms with Crippen molar-refractivity contribution in [3.05, 3.63) is 0 Å². The maximum atomic E-state index is 12.6. The molecule has 1 N–H and O–H groups in total. The summed E-state index contributed by atoms with van der Waals surface area (Å²) < 4.78 is 17.1. The van der Waals surface area contributed by atoms with Gasteiger partial charge < -0.3 is 23.8 Å². The molecule has 0 saturated heterocycles.